The zero-order valence-electron chi connectivity index (χ0n) is 14.4. The van der Waals surface area contributed by atoms with Gasteiger partial charge in [0.05, 0.1) is 18.9 Å². The lowest BCUT2D eigenvalue weighted by Gasteiger charge is -2.06. The summed E-state index contributed by atoms with van der Waals surface area (Å²) in [4.78, 5) is 39.4. The molecular formula is C16H24N2O6. The van der Waals surface area contributed by atoms with E-state index in [-0.39, 0.29) is 18.1 Å². The predicted molar refractivity (Wildman–Crippen MR) is 83.1 cm³/mol. The summed E-state index contributed by atoms with van der Waals surface area (Å²) in [7, 11) is 0. The average molecular weight is 340 g/mol. The number of esters is 2. The zero-order valence-corrected chi connectivity index (χ0v) is 14.4. The maximum absolute atomic E-state index is 11.9. The zero-order chi connectivity index (χ0) is 18.4. The molecule has 8 nitrogen and oxygen atoms in total. The van der Waals surface area contributed by atoms with E-state index in [2.05, 4.69) is 5.10 Å². The third-order valence-corrected chi connectivity index (χ3v) is 2.98. The van der Waals surface area contributed by atoms with E-state index in [1.165, 1.54) is 0 Å². The summed E-state index contributed by atoms with van der Waals surface area (Å²) in [5, 5.41) is 4.38. The molecule has 0 saturated carbocycles. The number of rotatable bonds is 9. The van der Waals surface area contributed by atoms with Crippen molar-refractivity contribution < 1.29 is 28.7 Å². The molecule has 0 saturated heterocycles. The van der Waals surface area contributed by atoms with E-state index in [0.29, 0.717) is 38.3 Å². The molecule has 134 valence electrons. The van der Waals surface area contributed by atoms with Crippen molar-refractivity contribution in [2.75, 3.05) is 13.2 Å². The third-order valence-electron chi connectivity index (χ3n) is 2.98. The second-order valence-corrected chi connectivity index (χ2v) is 4.66. The summed E-state index contributed by atoms with van der Waals surface area (Å²) in [6, 6.07) is 1.77. The van der Waals surface area contributed by atoms with Crippen molar-refractivity contribution in [2.45, 2.75) is 53.0 Å². The van der Waals surface area contributed by atoms with E-state index in [0.717, 1.165) is 18.5 Å². The molecule has 0 unspecified atom stereocenters. The molecule has 0 aliphatic carbocycles. The fourth-order valence-electron chi connectivity index (χ4n) is 1.95. The molecule has 0 fully saturated rings. The quantitative estimate of drug-likeness (QED) is 0.498. The Morgan fingerprint density at radius 2 is 1.75 bits per heavy atom. The second-order valence-electron chi connectivity index (χ2n) is 4.66. The van der Waals surface area contributed by atoms with Gasteiger partial charge in [-0.05, 0) is 39.2 Å². The first-order chi connectivity index (χ1) is 11.5. The van der Waals surface area contributed by atoms with Crippen LogP contribution in [-0.4, -0.2) is 41.1 Å². The second kappa shape index (κ2) is 13.0. The fourth-order valence-corrected chi connectivity index (χ4v) is 1.95. The van der Waals surface area contributed by atoms with Gasteiger partial charge in [-0.1, -0.05) is 6.92 Å². The largest absolute Gasteiger partial charge is 0.466 e. The number of nitrogens with zero attached hydrogens (tertiary/aromatic N) is 2. The Hall–Kier alpha value is -2.47. The van der Waals surface area contributed by atoms with Crippen LogP contribution in [0.5, 0.6) is 0 Å². The summed E-state index contributed by atoms with van der Waals surface area (Å²) >= 11 is 0. The van der Waals surface area contributed by atoms with Crippen LogP contribution >= 0.6 is 0 Å². The standard InChI is InChI=1S/C15H24N2O4.CO2/c1-4-12-11-13(15(19)21-6-3)17(16-12)10-8-7-9-14(18)20-5-2;2-1-3/h11H,4-10H2,1-3H3;. The Kier molecular flexibility index (Phi) is 11.7. The molecule has 1 rings (SSSR count). The highest BCUT2D eigenvalue weighted by Gasteiger charge is 2.15. The Morgan fingerprint density at radius 3 is 2.29 bits per heavy atom. The van der Waals surface area contributed by atoms with Gasteiger partial charge in [0.1, 0.15) is 5.69 Å². The van der Waals surface area contributed by atoms with Gasteiger partial charge in [0, 0.05) is 13.0 Å². The van der Waals surface area contributed by atoms with Crippen molar-refractivity contribution >= 4 is 18.1 Å². The Balaban J connectivity index is 0.00000163. The van der Waals surface area contributed by atoms with Crippen molar-refractivity contribution in [1.29, 1.82) is 0 Å². The summed E-state index contributed by atoms with van der Waals surface area (Å²) in [6.45, 7) is 6.90. The maximum Gasteiger partial charge on any atom is 0.373 e. The van der Waals surface area contributed by atoms with Crippen molar-refractivity contribution in [3.8, 4) is 0 Å². The Labute approximate surface area is 141 Å². The first kappa shape index (κ1) is 21.5. The molecular weight excluding hydrogens is 316 g/mol. The van der Waals surface area contributed by atoms with Crippen LogP contribution in [0, 0.1) is 0 Å². The summed E-state index contributed by atoms with van der Waals surface area (Å²) in [5.41, 5.74) is 1.34. The highest BCUT2D eigenvalue weighted by atomic mass is 16.5. The van der Waals surface area contributed by atoms with Crippen molar-refractivity contribution in [2.24, 2.45) is 0 Å². The molecule has 8 heteroatoms. The number of ether oxygens (including phenoxy) is 2. The number of hydrogen-bond donors (Lipinski definition) is 0. The number of carbonyl (C=O) groups is 2. The molecule has 1 aromatic rings. The fraction of sp³-hybridized carbons (Fsp3) is 0.625. The first-order valence-electron chi connectivity index (χ1n) is 7.92. The molecule has 0 N–H and O–H groups in total. The van der Waals surface area contributed by atoms with E-state index in [9.17, 15) is 9.59 Å². The van der Waals surface area contributed by atoms with E-state index in [4.69, 9.17) is 19.1 Å². The lowest BCUT2D eigenvalue weighted by atomic mass is 10.2. The van der Waals surface area contributed by atoms with E-state index in [1.807, 2.05) is 6.92 Å². The molecule has 1 aromatic heterocycles. The SMILES string of the molecule is CCOC(=O)CCCCn1nc(CC)cc1C(=O)OCC.O=C=O. The van der Waals surface area contributed by atoms with Gasteiger partial charge >= 0.3 is 18.1 Å². The van der Waals surface area contributed by atoms with Gasteiger partial charge in [0.15, 0.2) is 0 Å². The highest BCUT2D eigenvalue weighted by molar-refractivity contribution is 5.87. The average Bonchev–Trinajstić information content (AvgIpc) is 2.96. The van der Waals surface area contributed by atoms with Gasteiger partial charge in [-0.2, -0.15) is 14.7 Å². The van der Waals surface area contributed by atoms with Crippen molar-refractivity contribution in [3.63, 3.8) is 0 Å². The van der Waals surface area contributed by atoms with Gasteiger partial charge < -0.3 is 9.47 Å². The molecule has 1 heterocycles. The number of aromatic nitrogens is 2. The van der Waals surface area contributed by atoms with Gasteiger partial charge in [-0.25, -0.2) is 4.79 Å². The topological polar surface area (TPSA) is 105 Å². The number of unbranched alkanes of at least 4 members (excludes halogenated alkanes) is 1. The van der Waals surface area contributed by atoms with Crippen LogP contribution in [0.15, 0.2) is 6.07 Å². The normalized spacial score (nSPS) is 9.46. The molecule has 24 heavy (non-hydrogen) atoms. The van der Waals surface area contributed by atoms with Crippen molar-refractivity contribution in [1.82, 2.24) is 9.78 Å². The van der Waals surface area contributed by atoms with Crippen LogP contribution in [0.2, 0.25) is 0 Å². The number of aryl methyl sites for hydroxylation is 2. The highest BCUT2D eigenvalue weighted by Crippen LogP contribution is 2.10. The molecule has 0 aliphatic rings. The van der Waals surface area contributed by atoms with Gasteiger partial charge in [-0.15, -0.1) is 0 Å². The van der Waals surface area contributed by atoms with Crippen LogP contribution < -0.4 is 0 Å². The van der Waals surface area contributed by atoms with Crippen LogP contribution in [0.25, 0.3) is 0 Å². The molecule has 0 amide bonds. The minimum atomic E-state index is -0.352. The third kappa shape index (κ3) is 8.24. The smallest absolute Gasteiger partial charge is 0.373 e. The lowest BCUT2D eigenvalue weighted by molar-refractivity contribution is -0.191. The minimum Gasteiger partial charge on any atom is -0.466 e. The molecule has 0 radical (unpaired) electrons. The molecule has 0 spiro atoms. The summed E-state index contributed by atoms with van der Waals surface area (Å²) in [6.07, 6.45) is 2.88. The van der Waals surface area contributed by atoms with Crippen LogP contribution in [0.3, 0.4) is 0 Å². The minimum absolute atomic E-state index is 0.183. The summed E-state index contributed by atoms with van der Waals surface area (Å²) in [5.74, 6) is -0.534. The van der Waals surface area contributed by atoms with Crippen molar-refractivity contribution in [3.05, 3.63) is 17.5 Å². The lowest BCUT2D eigenvalue weighted by Crippen LogP contribution is -2.14. The van der Waals surface area contributed by atoms with E-state index >= 15 is 0 Å². The Bertz CT molecular complexity index is 547. The Morgan fingerprint density at radius 1 is 1.12 bits per heavy atom. The molecule has 0 bridgehead atoms. The van der Waals surface area contributed by atoms with E-state index in [1.54, 1.807) is 24.6 Å². The summed E-state index contributed by atoms with van der Waals surface area (Å²) < 4.78 is 11.6. The van der Waals surface area contributed by atoms with Crippen LogP contribution in [0.4, 0.5) is 0 Å². The number of hydrogen-bond acceptors (Lipinski definition) is 7. The van der Waals surface area contributed by atoms with E-state index < -0.39 is 0 Å². The van der Waals surface area contributed by atoms with Gasteiger partial charge in [-0.3, -0.25) is 9.48 Å². The monoisotopic (exact) mass is 340 g/mol. The van der Waals surface area contributed by atoms with Crippen LogP contribution in [-0.2, 0) is 36.8 Å². The maximum atomic E-state index is 11.9. The van der Waals surface area contributed by atoms with Gasteiger partial charge in [0.25, 0.3) is 0 Å². The predicted octanol–water partition coefficient (Wildman–Crippen LogP) is 1.77. The molecule has 0 aromatic carbocycles. The first-order valence-corrected chi connectivity index (χ1v) is 7.92. The number of carbonyl (C=O) groups excluding carboxylic acids is 4. The van der Waals surface area contributed by atoms with Gasteiger partial charge in [0.2, 0.25) is 0 Å². The molecule has 0 aliphatic heterocycles. The van der Waals surface area contributed by atoms with Crippen LogP contribution in [0.1, 0.15) is 56.2 Å². The molecule has 0 atom stereocenters.